The van der Waals surface area contributed by atoms with Gasteiger partial charge in [-0.05, 0) is 32.3 Å². The number of halogens is 4. The van der Waals surface area contributed by atoms with Crippen LogP contribution in [-0.4, -0.2) is 51.3 Å². The van der Waals surface area contributed by atoms with E-state index in [1.807, 2.05) is 6.92 Å². The van der Waals surface area contributed by atoms with E-state index in [4.69, 9.17) is 9.47 Å². The topological polar surface area (TPSA) is 64.1 Å². The molecule has 0 saturated carbocycles. The van der Waals surface area contributed by atoms with Crippen molar-refractivity contribution in [3.05, 3.63) is 29.8 Å². The highest BCUT2D eigenvalue weighted by molar-refractivity contribution is 14.0. The molecule has 0 atom stereocenters. The van der Waals surface area contributed by atoms with Crippen molar-refractivity contribution < 1.29 is 27.4 Å². The highest BCUT2D eigenvalue weighted by Crippen LogP contribution is 2.26. The SMILES string of the molecule is CCNC(=NCc1ccccc1OC(F)(F)F)NCCCOC1CCOCC1.I. The van der Waals surface area contributed by atoms with E-state index >= 15 is 0 Å². The molecule has 1 fully saturated rings. The zero-order valence-electron chi connectivity index (χ0n) is 16.5. The molecular weight excluding hydrogens is 502 g/mol. The van der Waals surface area contributed by atoms with E-state index in [0.29, 0.717) is 31.2 Å². The van der Waals surface area contributed by atoms with Crippen LogP contribution >= 0.6 is 24.0 Å². The minimum atomic E-state index is -4.73. The molecule has 6 nitrogen and oxygen atoms in total. The summed E-state index contributed by atoms with van der Waals surface area (Å²) in [6.07, 6.45) is -1.81. The number of alkyl halides is 3. The van der Waals surface area contributed by atoms with Crippen molar-refractivity contribution in [3.63, 3.8) is 0 Å². The fourth-order valence-corrected chi connectivity index (χ4v) is 2.74. The van der Waals surface area contributed by atoms with Crippen molar-refractivity contribution in [2.75, 3.05) is 32.9 Å². The molecule has 1 aliphatic rings. The first-order chi connectivity index (χ1) is 13.5. The van der Waals surface area contributed by atoms with Crippen LogP contribution in [-0.2, 0) is 16.0 Å². The number of benzene rings is 1. The molecule has 10 heteroatoms. The van der Waals surface area contributed by atoms with Gasteiger partial charge in [0.05, 0.1) is 12.6 Å². The van der Waals surface area contributed by atoms with E-state index in [1.165, 1.54) is 12.1 Å². The smallest absolute Gasteiger partial charge is 0.405 e. The van der Waals surface area contributed by atoms with Crippen LogP contribution in [0.5, 0.6) is 5.75 Å². The third-order valence-electron chi connectivity index (χ3n) is 4.09. The summed E-state index contributed by atoms with van der Waals surface area (Å²) in [6.45, 7) is 5.42. The van der Waals surface area contributed by atoms with E-state index in [1.54, 1.807) is 12.1 Å². The predicted octanol–water partition coefficient (Wildman–Crippen LogP) is 3.84. The largest absolute Gasteiger partial charge is 0.573 e. The highest BCUT2D eigenvalue weighted by Gasteiger charge is 2.31. The molecule has 166 valence electrons. The van der Waals surface area contributed by atoms with Crippen LogP contribution in [0.1, 0.15) is 31.7 Å². The summed E-state index contributed by atoms with van der Waals surface area (Å²) in [5, 5.41) is 6.25. The molecule has 2 rings (SSSR count). The van der Waals surface area contributed by atoms with Crippen molar-refractivity contribution in [3.8, 4) is 5.75 Å². The van der Waals surface area contributed by atoms with Crippen molar-refractivity contribution in [2.45, 2.75) is 45.2 Å². The van der Waals surface area contributed by atoms with Crippen LogP contribution in [0.2, 0.25) is 0 Å². The molecule has 2 N–H and O–H groups in total. The molecule has 1 aromatic rings. The van der Waals surface area contributed by atoms with E-state index < -0.39 is 6.36 Å². The van der Waals surface area contributed by atoms with Gasteiger partial charge < -0.3 is 24.8 Å². The molecule has 0 radical (unpaired) electrons. The molecule has 1 heterocycles. The Morgan fingerprint density at radius 1 is 1.21 bits per heavy atom. The summed E-state index contributed by atoms with van der Waals surface area (Å²) >= 11 is 0. The predicted molar refractivity (Wildman–Crippen MR) is 116 cm³/mol. The molecule has 0 amide bonds. The fourth-order valence-electron chi connectivity index (χ4n) is 2.74. The molecule has 1 aliphatic heterocycles. The molecular formula is C19H29F3IN3O3. The number of hydrogen-bond acceptors (Lipinski definition) is 4. The van der Waals surface area contributed by atoms with Crippen LogP contribution < -0.4 is 15.4 Å². The standard InChI is InChI=1S/C19H28F3N3O3.HI/c1-2-23-18(24-10-5-11-27-16-8-12-26-13-9-16)25-14-15-6-3-4-7-17(15)28-19(20,21)22;/h3-4,6-7,16H,2,5,8-14H2,1H3,(H2,23,24,25);1H. The molecule has 0 bridgehead atoms. The number of aliphatic imine (C=N–C) groups is 1. The zero-order valence-corrected chi connectivity index (χ0v) is 18.8. The summed E-state index contributed by atoms with van der Waals surface area (Å²) in [5.41, 5.74) is 0.361. The molecule has 0 unspecified atom stereocenters. The first kappa shape index (κ1) is 25.8. The van der Waals surface area contributed by atoms with Gasteiger partial charge in [-0.15, -0.1) is 37.1 Å². The molecule has 0 aliphatic carbocycles. The number of nitrogens with one attached hydrogen (secondary N) is 2. The summed E-state index contributed by atoms with van der Waals surface area (Å²) in [4.78, 5) is 4.35. The Balaban J connectivity index is 0.00000420. The molecule has 29 heavy (non-hydrogen) atoms. The first-order valence-corrected chi connectivity index (χ1v) is 9.53. The molecule has 1 aromatic carbocycles. The van der Waals surface area contributed by atoms with Gasteiger partial charge in [-0.3, -0.25) is 0 Å². The number of nitrogens with zero attached hydrogens (tertiary/aromatic N) is 1. The van der Waals surface area contributed by atoms with Gasteiger partial charge in [0.25, 0.3) is 0 Å². The Hall–Kier alpha value is -1.27. The van der Waals surface area contributed by atoms with Gasteiger partial charge in [0.1, 0.15) is 5.75 Å². The van der Waals surface area contributed by atoms with Crippen LogP contribution in [0.15, 0.2) is 29.3 Å². The minimum absolute atomic E-state index is 0. The maximum absolute atomic E-state index is 12.5. The summed E-state index contributed by atoms with van der Waals surface area (Å²) in [6, 6.07) is 6.00. The van der Waals surface area contributed by atoms with Crippen LogP contribution in [0.3, 0.4) is 0 Å². The molecule has 0 spiro atoms. The lowest BCUT2D eigenvalue weighted by Crippen LogP contribution is -2.38. The Bertz CT molecular complexity index is 612. The summed E-state index contributed by atoms with van der Waals surface area (Å²) in [7, 11) is 0. The number of ether oxygens (including phenoxy) is 3. The summed E-state index contributed by atoms with van der Waals surface area (Å²) in [5.74, 6) is 0.301. The van der Waals surface area contributed by atoms with E-state index in [2.05, 4.69) is 20.4 Å². The average Bonchev–Trinajstić information content (AvgIpc) is 2.66. The van der Waals surface area contributed by atoms with Gasteiger partial charge in [0, 0.05) is 38.5 Å². The van der Waals surface area contributed by atoms with Crippen molar-refractivity contribution in [1.29, 1.82) is 0 Å². The third kappa shape index (κ3) is 10.9. The minimum Gasteiger partial charge on any atom is -0.405 e. The van der Waals surface area contributed by atoms with Crippen LogP contribution in [0, 0.1) is 0 Å². The van der Waals surface area contributed by atoms with Crippen LogP contribution in [0.25, 0.3) is 0 Å². The summed E-state index contributed by atoms with van der Waals surface area (Å²) < 4.78 is 52.7. The van der Waals surface area contributed by atoms with Crippen molar-refractivity contribution >= 4 is 29.9 Å². The zero-order chi connectivity index (χ0) is 20.2. The Kier molecular flexibility index (Phi) is 12.3. The van der Waals surface area contributed by atoms with E-state index in [-0.39, 0.29) is 42.4 Å². The van der Waals surface area contributed by atoms with Crippen LogP contribution in [0.4, 0.5) is 13.2 Å². The van der Waals surface area contributed by atoms with Gasteiger partial charge in [0.2, 0.25) is 0 Å². The van der Waals surface area contributed by atoms with Gasteiger partial charge in [-0.25, -0.2) is 4.99 Å². The quantitative estimate of drug-likeness (QED) is 0.220. The molecule has 1 saturated heterocycles. The van der Waals surface area contributed by atoms with Gasteiger partial charge >= 0.3 is 6.36 Å². The second-order valence-electron chi connectivity index (χ2n) is 6.31. The molecule has 0 aromatic heterocycles. The lowest BCUT2D eigenvalue weighted by molar-refractivity contribution is -0.274. The monoisotopic (exact) mass is 531 g/mol. The van der Waals surface area contributed by atoms with Gasteiger partial charge in [-0.1, -0.05) is 18.2 Å². The second kappa shape index (κ2) is 13.9. The second-order valence-corrected chi connectivity index (χ2v) is 6.31. The normalized spacial score (nSPS) is 15.5. The van der Waals surface area contributed by atoms with Crippen molar-refractivity contribution in [2.24, 2.45) is 4.99 Å². The maximum Gasteiger partial charge on any atom is 0.573 e. The fraction of sp³-hybridized carbons (Fsp3) is 0.632. The first-order valence-electron chi connectivity index (χ1n) is 9.53. The Morgan fingerprint density at radius 3 is 2.62 bits per heavy atom. The van der Waals surface area contributed by atoms with E-state index in [0.717, 1.165) is 32.5 Å². The number of rotatable bonds is 9. The maximum atomic E-state index is 12.5. The average molecular weight is 531 g/mol. The number of guanidine groups is 1. The lowest BCUT2D eigenvalue weighted by atomic mass is 10.1. The Morgan fingerprint density at radius 2 is 1.93 bits per heavy atom. The Labute approximate surface area is 186 Å². The van der Waals surface area contributed by atoms with Crippen molar-refractivity contribution in [1.82, 2.24) is 10.6 Å². The third-order valence-corrected chi connectivity index (χ3v) is 4.09. The lowest BCUT2D eigenvalue weighted by Gasteiger charge is -2.22. The highest BCUT2D eigenvalue weighted by atomic mass is 127. The number of para-hydroxylation sites is 1. The van der Waals surface area contributed by atoms with E-state index in [9.17, 15) is 13.2 Å². The van der Waals surface area contributed by atoms with Gasteiger partial charge in [-0.2, -0.15) is 0 Å². The number of hydrogen-bond donors (Lipinski definition) is 2. The van der Waals surface area contributed by atoms with Gasteiger partial charge in [0.15, 0.2) is 5.96 Å².